The van der Waals surface area contributed by atoms with Crippen LogP contribution in [0.3, 0.4) is 0 Å². The molecule has 0 radical (unpaired) electrons. The average Bonchev–Trinajstić information content (AvgIpc) is 2.36. The van der Waals surface area contributed by atoms with Gasteiger partial charge in [-0.15, -0.1) is 0 Å². The number of carbonyl (C=O) groups is 1. The van der Waals surface area contributed by atoms with Crippen LogP contribution in [0.15, 0.2) is 23.9 Å². The summed E-state index contributed by atoms with van der Waals surface area (Å²) in [5, 5.41) is 11.4. The lowest BCUT2D eigenvalue weighted by Crippen LogP contribution is -2.43. The van der Waals surface area contributed by atoms with Gasteiger partial charge < -0.3 is 15.8 Å². The van der Waals surface area contributed by atoms with Crippen molar-refractivity contribution in [3.63, 3.8) is 0 Å². The third kappa shape index (κ3) is 2.44. The van der Waals surface area contributed by atoms with Gasteiger partial charge in [-0.25, -0.2) is 9.97 Å². The number of carbonyl (C=O) groups excluding carboxylic acids is 1. The van der Waals surface area contributed by atoms with Crippen LogP contribution in [0.2, 0.25) is 0 Å². The van der Waals surface area contributed by atoms with Crippen LogP contribution in [0.1, 0.15) is 17.3 Å². The van der Waals surface area contributed by atoms with Gasteiger partial charge in [0.1, 0.15) is 6.33 Å². The van der Waals surface area contributed by atoms with E-state index in [2.05, 4.69) is 15.1 Å². The molecule has 7 nitrogen and oxygen atoms in total. The van der Waals surface area contributed by atoms with Crippen LogP contribution in [-0.2, 0) is 0 Å². The van der Waals surface area contributed by atoms with E-state index in [0.717, 1.165) is 0 Å². The number of hydrogen-bond donors (Lipinski definition) is 2. The predicted octanol–water partition coefficient (Wildman–Crippen LogP) is -0.316. The molecule has 1 heterocycles. The molecule has 0 aliphatic rings. The Balaban J connectivity index is 2.83. The topological polar surface area (TPSA) is 105 Å². The number of amidine groups is 1. The minimum Gasteiger partial charge on any atom is -0.409 e. The van der Waals surface area contributed by atoms with Crippen molar-refractivity contribution in [2.45, 2.75) is 13.0 Å². The van der Waals surface area contributed by atoms with Gasteiger partial charge in [0, 0.05) is 19.4 Å². The monoisotopic (exact) mass is 223 g/mol. The smallest absolute Gasteiger partial charge is 0.257 e. The molecule has 0 spiro atoms. The Morgan fingerprint density at radius 2 is 2.12 bits per heavy atom. The van der Waals surface area contributed by atoms with Gasteiger partial charge in [-0.05, 0) is 6.92 Å². The molecule has 3 N–H and O–H groups in total. The van der Waals surface area contributed by atoms with Gasteiger partial charge in [-0.1, -0.05) is 5.16 Å². The van der Waals surface area contributed by atoms with E-state index in [1.165, 1.54) is 23.6 Å². The van der Waals surface area contributed by atoms with E-state index in [1.54, 1.807) is 14.0 Å². The molecule has 1 rings (SSSR count). The SMILES string of the molecule is CC(C(N)=NO)N(C)C(=O)c1cncnc1. The van der Waals surface area contributed by atoms with E-state index in [4.69, 9.17) is 10.9 Å². The van der Waals surface area contributed by atoms with E-state index >= 15 is 0 Å². The van der Waals surface area contributed by atoms with E-state index in [0.29, 0.717) is 5.56 Å². The fourth-order valence-electron chi connectivity index (χ4n) is 1.07. The quantitative estimate of drug-likeness (QED) is 0.316. The molecule has 7 heteroatoms. The number of aromatic nitrogens is 2. The average molecular weight is 223 g/mol. The lowest BCUT2D eigenvalue weighted by Gasteiger charge is -2.23. The third-order valence-corrected chi connectivity index (χ3v) is 2.25. The molecule has 1 atom stereocenters. The minimum atomic E-state index is -0.502. The number of oxime groups is 1. The molecule has 0 aromatic carbocycles. The second kappa shape index (κ2) is 5.06. The summed E-state index contributed by atoms with van der Waals surface area (Å²) in [4.78, 5) is 20.7. The lowest BCUT2D eigenvalue weighted by atomic mass is 10.2. The Hall–Kier alpha value is -2.18. The first-order valence-corrected chi connectivity index (χ1v) is 4.57. The Bertz CT molecular complexity index is 392. The summed E-state index contributed by atoms with van der Waals surface area (Å²) in [7, 11) is 1.55. The molecule has 16 heavy (non-hydrogen) atoms. The molecule has 0 saturated heterocycles. The highest BCUT2D eigenvalue weighted by Crippen LogP contribution is 2.04. The molecule has 0 saturated carbocycles. The van der Waals surface area contributed by atoms with Crippen LogP contribution in [0.4, 0.5) is 0 Å². The van der Waals surface area contributed by atoms with Gasteiger partial charge in [0.15, 0.2) is 5.84 Å². The molecule has 86 valence electrons. The highest BCUT2D eigenvalue weighted by Gasteiger charge is 2.20. The first-order chi connectivity index (χ1) is 7.57. The van der Waals surface area contributed by atoms with Crippen LogP contribution < -0.4 is 5.73 Å². The van der Waals surface area contributed by atoms with E-state index < -0.39 is 6.04 Å². The van der Waals surface area contributed by atoms with E-state index in [9.17, 15) is 4.79 Å². The first kappa shape index (κ1) is 11.9. The highest BCUT2D eigenvalue weighted by atomic mass is 16.4. The Labute approximate surface area is 92.6 Å². The zero-order valence-corrected chi connectivity index (χ0v) is 9.03. The van der Waals surface area contributed by atoms with Gasteiger partial charge in [-0.2, -0.15) is 0 Å². The molecule has 1 aromatic heterocycles. The molecule has 1 amide bonds. The summed E-state index contributed by atoms with van der Waals surface area (Å²) < 4.78 is 0. The second-order valence-electron chi connectivity index (χ2n) is 3.24. The van der Waals surface area contributed by atoms with Crippen LogP contribution >= 0.6 is 0 Å². The van der Waals surface area contributed by atoms with Crippen molar-refractivity contribution < 1.29 is 10.0 Å². The third-order valence-electron chi connectivity index (χ3n) is 2.25. The molecular formula is C9H13N5O2. The molecule has 1 unspecified atom stereocenters. The van der Waals surface area contributed by atoms with Crippen molar-refractivity contribution in [3.8, 4) is 0 Å². The number of hydrogen-bond acceptors (Lipinski definition) is 5. The number of rotatable bonds is 3. The van der Waals surface area contributed by atoms with Crippen molar-refractivity contribution >= 4 is 11.7 Å². The first-order valence-electron chi connectivity index (χ1n) is 4.57. The maximum Gasteiger partial charge on any atom is 0.257 e. The van der Waals surface area contributed by atoms with Crippen molar-refractivity contribution in [2.24, 2.45) is 10.9 Å². The fourth-order valence-corrected chi connectivity index (χ4v) is 1.07. The summed E-state index contributed by atoms with van der Waals surface area (Å²) in [5.41, 5.74) is 5.76. The summed E-state index contributed by atoms with van der Waals surface area (Å²) in [5.74, 6) is -0.326. The highest BCUT2D eigenvalue weighted by molar-refractivity contribution is 5.97. The molecular weight excluding hydrogens is 210 g/mol. The predicted molar refractivity (Wildman–Crippen MR) is 57.0 cm³/mol. The van der Waals surface area contributed by atoms with Crippen molar-refractivity contribution in [1.29, 1.82) is 0 Å². The summed E-state index contributed by atoms with van der Waals surface area (Å²) >= 11 is 0. The van der Waals surface area contributed by atoms with Crippen LogP contribution in [0.25, 0.3) is 0 Å². The van der Waals surface area contributed by atoms with E-state index in [1.807, 2.05) is 0 Å². The van der Waals surface area contributed by atoms with Gasteiger partial charge in [0.25, 0.3) is 5.91 Å². The molecule has 0 aliphatic carbocycles. The summed E-state index contributed by atoms with van der Waals surface area (Å²) in [6.45, 7) is 1.65. The minimum absolute atomic E-state index is 0.0345. The number of amides is 1. The maximum absolute atomic E-state index is 11.9. The summed E-state index contributed by atoms with van der Waals surface area (Å²) in [6, 6.07) is -0.502. The zero-order chi connectivity index (χ0) is 12.1. The Morgan fingerprint density at radius 3 is 2.62 bits per heavy atom. The molecule has 0 aliphatic heterocycles. The van der Waals surface area contributed by atoms with Gasteiger partial charge in [0.05, 0.1) is 11.6 Å². The zero-order valence-electron chi connectivity index (χ0n) is 9.03. The Morgan fingerprint density at radius 1 is 1.56 bits per heavy atom. The van der Waals surface area contributed by atoms with Gasteiger partial charge in [0.2, 0.25) is 0 Å². The number of likely N-dealkylation sites (N-methyl/N-ethyl adjacent to an activating group) is 1. The van der Waals surface area contributed by atoms with E-state index in [-0.39, 0.29) is 11.7 Å². The van der Waals surface area contributed by atoms with Crippen molar-refractivity contribution in [2.75, 3.05) is 7.05 Å². The van der Waals surface area contributed by atoms with Crippen LogP contribution in [0, 0.1) is 0 Å². The maximum atomic E-state index is 11.9. The van der Waals surface area contributed by atoms with Crippen molar-refractivity contribution in [3.05, 3.63) is 24.3 Å². The lowest BCUT2D eigenvalue weighted by molar-refractivity contribution is 0.0775. The molecule has 0 bridgehead atoms. The normalized spacial score (nSPS) is 13.2. The number of nitrogens with zero attached hydrogens (tertiary/aromatic N) is 4. The summed E-state index contributed by atoms with van der Waals surface area (Å²) in [6.07, 6.45) is 4.15. The van der Waals surface area contributed by atoms with Gasteiger partial charge >= 0.3 is 0 Å². The van der Waals surface area contributed by atoms with Crippen molar-refractivity contribution in [1.82, 2.24) is 14.9 Å². The van der Waals surface area contributed by atoms with Crippen LogP contribution in [0.5, 0.6) is 0 Å². The molecule has 1 aromatic rings. The standard InChI is InChI=1S/C9H13N5O2/c1-6(8(10)13-16)14(2)9(15)7-3-11-5-12-4-7/h3-6,16H,1-2H3,(H2,10,13). The Kier molecular flexibility index (Phi) is 3.76. The second-order valence-corrected chi connectivity index (χ2v) is 3.24. The fraction of sp³-hybridized carbons (Fsp3) is 0.333. The van der Waals surface area contributed by atoms with Gasteiger partial charge in [-0.3, -0.25) is 4.79 Å². The largest absolute Gasteiger partial charge is 0.409 e. The van der Waals surface area contributed by atoms with Crippen LogP contribution in [-0.4, -0.2) is 44.9 Å². The molecule has 0 fully saturated rings. The number of nitrogens with two attached hydrogens (primary N) is 1.